The summed E-state index contributed by atoms with van der Waals surface area (Å²) in [6.07, 6.45) is 66.1. The molecule has 0 aliphatic carbocycles. The quantitative estimate of drug-likeness (QED) is 0.0205. The summed E-state index contributed by atoms with van der Waals surface area (Å²) in [7, 11) is 1.47. The molecule has 0 aromatic rings. The number of likely N-dealkylation sites (N-methyl/N-ethyl adjacent to an activating group) is 1. The predicted octanol–water partition coefficient (Wildman–Crippen LogP) is 18.1. The smallest absolute Gasteiger partial charge is 0.456 e. The summed E-state index contributed by atoms with van der Waals surface area (Å²) in [6.45, 7) is 6.94. The van der Waals surface area contributed by atoms with Crippen molar-refractivity contribution in [3.8, 4) is 0 Å². The molecule has 0 aliphatic rings. The molecular formula is C62H114N2O7P+. The molecule has 0 saturated carbocycles. The Labute approximate surface area is 444 Å². The molecule has 0 saturated heterocycles. The molecule has 10 heteroatoms. The second kappa shape index (κ2) is 51.9. The van der Waals surface area contributed by atoms with E-state index in [-0.39, 0.29) is 31.5 Å². The molecule has 0 fully saturated rings. The number of esters is 1. The van der Waals surface area contributed by atoms with Gasteiger partial charge < -0.3 is 19.4 Å². The molecule has 3 unspecified atom stereocenters. The van der Waals surface area contributed by atoms with E-state index < -0.39 is 20.0 Å². The van der Waals surface area contributed by atoms with Crippen molar-refractivity contribution in [3.63, 3.8) is 0 Å². The highest BCUT2D eigenvalue weighted by atomic mass is 31.2. The van der Waals surface area contributed by atoms with E-state index in [4.69, 9.17) is 13.8 Å². The van der Waals surface area contributed by atoms with Crippen LogP contribution in [0.25, 0.3) is 0 Å². The molecular weight excluding hydrogens is 916 g/mol. The molecule has 0 aliphatic heterocycles. The number of amides is 1. The highest BCUT2D eigenvalue weighted by molar-refractivity contribution is 7.47. The fraction of sp³-hybridized carbons (Fsp3) is 0.774. The molecule has 0 rings (SSSR count). The maximum Gasteiger partial charge on any atom is 0.472 e. The molecule has 418 valence electrons. The van der Waals surface area contributed by atoms with E-state index in [0.29, 0.717) is 23.9 Å². The van der Waals surface area contributed by atoms with Gasteiger partial charge in [0.15, 0.2) is 0 Å². The van der Waals surface area contributed by atoms with Gasteiger partial charge in [-0.2, -0.15) is 0 Å². The molecule has 0 heterocycles. The highest BCUT2D eigenvalue weighted by Gasteiger charge is 2.30. The van der Waals surface area contributed by atoms with Crippen LogP contribution in [0.15, 0.2) is 72.9 Å². The molecule has 0 radical (unpaired) electrons. The largest absolute Gasteiger partial charge is 0.472 e. The van der Waals surface area contributed by atoms with E-state index in [2.05, 4.69) is 86.8 Å². The van der Waals surface area contributed by atoms with Crippen LogP contribution in [0, 0.1) is 0 Å². The molecule has 0 aromatic carbocycles. The number of quaternary nitrogens is 1. The first-order valence-corrected chi connectivity index (χ1v) is 31.3. The average molecular weight is 1030 g/mol. The summed E-state index contributed by atoms with van der Waals surface area (Å²) >= 11 is 0. The number of phosphoric acid groups is 1. The molecule has 0 spiro atoms. The molecule has 0 bridgehead atoms. The van der Waals surface area contributed by atoms with Gasteiger partial charge in [0.25, 0.3) is 0 Å². The number of ether oxygens (including phenoxy) is 1. The van der Waals surface area contributed by atoms with Gasteiger partial charge in [-0.1, -0.05) is 216 Å². The van der Waals surface area contributed by atoms with Crippen LogP contribution in [0.2, 0.25) is 0 Å². The monoisotopic (exact) mass is 1030 g/mol. The summed E-state index contributed by atoms with van der Waals surface area (Å²) < 4.78 is 30.6. The van der Waals surface area contributed by atoms with E-state index >= 15 is 0 Å². The van der Waals surface area contributed by atoms with Crippen LogP contribution < -0.4 is 5.32 Å². The Bertz CT molecular complexity index is 1460. The Balaban J connectivity index is 5.33. The first kappa shape index (κ1) is 69.5. The van der Waals surface area contributed by atoms with Gasteiger partial charge in [-0.15, -0.1) is 0 Å². The van der Waals surface area contributed by atoms with Crippen LogP contribution in [0.4, 0.5) is 0 Å². The number of hydrogen-bond donors (Lipinski definition) is 2. The third kappa shape index (κ3) is 52.3. The van der Waals surface area contributed by atoms with Crippen molar-refractivity contribution >= 4 is 19.7 Å². The summed E-state index contributed by atoms with van der Waals surface area (Å²) in [6, 6.07) is -0.866. The number of nitrogens with one attached hydrogen (secondary N) is 1. The van der Waals surface area contributed by atoms with Crippen LogP contribution in [0.1, 0.15) is 258 Å². The standard InChI is InChI=1S/C62H113N2O7P/c1-7-10-13-16-19-22-25-28-29-30-31-32-33-34-35-37-39-42-45-48-51-54-61(65)63-59(58-70-72(67,68)69-57-56-64(4,5)6)60(53-50-47-44-41-38-27-24-21-18-15-12-9-3)71-62(66)55-52-49-46-43-40-36-26-23-20-17-14-11-8-2/h19,22,28-29,31-32,34-36,40,50,53,59-60H,7-18,20-21,23-27,30,33,37-39,41-49,51-52,54-58H2,1-6H3,(H-,63,65,67,68)/p+1/b22-19-,29-28-,32-31-,35-34-,40-36-,53-50-. The zero-order chi connectivity index (χ0) is 52.9. The number of hydrogen-bond acceptors (Lipinski definition) is 6. The third-order valence-electron chi connectivity index (χ3n) is 12.9. The number of unbranched alkanes of at least 4 members (excludes halogenated alkanes) is 27. The van der Waals surface area contributed by atoms with Gasteiger partial charge in [-0.25, -0.2) is 4.57 Å². The summed E-state index contributed by atoms with van der Waals surface area (Å²) in [5.41, 5.74) is 0. The van der Waals surface area contributed by atoms with Crippen molar-refractivity contribution in [2.45, 2.75) is 270 Å². The number of allylic oxidation sites excluding steroid dienone is 11. The number of carbonyl (C=O) groups excluding carboxylic acids is 2. The van der Waals surface area contributed by atoms with Gasteiger partial charge in [0.05, 0.1) is 33.8 Å². The minimum atomic E-state index is -4.46. The number of rotatable bonds is 53. The second-order valence-corrected chi connectivity index (χ2v) is 22.6. The van der Waals surface area contributed by atoms with Gasteiger partial charge >= 0.3 is 13.8 Å². The zero-order valence-electron chi connectivity index (χ0n) is 47.7. The lowest BCUT2D eigenvalue weighted by Crippen LogP contribution is -2.47. The summed E-state index contributed by atoms with van der Waals surface area (Å²) in [5, 5.41) is 3.04. The Morgan fingerprint density at radius 1 is 0.486 bits per heavy atom. The second-order valence-electron chi connectivity index (χ2n) is 21.2. The maximum absolute atomic E-state index is 13.5. The van der Waals surface area contributed by atoms with Crippen molar-refractivity contribution < 1.29 is 37.3 Å². The van der Waals surface area contributed by atoms with Crippen LogP contribution in [0.5, 0.6) is 0 Å². The van der Waals surface area contributed by atoms with Crippen molar-refractivity contribution in [2.24, 2.45) is 0 Å². The van der Waals surface area contributed by atoms with Gasteiger partial charge in [-0.05, 0) is 102 Å². The van der Waals surface area contributed by atoms with Gasteiger partial charge in [0.1, 0.15) is 19.3 Å². The van der Waals surface area contributed by atoms with Gasteiger partial charge in [0, 0.05) is 12.8 Å². The minimum Gasteiger partial charge on any atom is -0.456 e. The highest BCUT2D eigenvalue weighted by Crippen LogP contribution is 2.43. The third-order valence-corrected chi connectivity index (χ3v) is 13.9. The molecule has 9 nitrogen and oxygen atoms in total. The van der Waals surface area contributed by atoms with Gasteiger partial charge in [0.2, 0.25) is 5.91 Å². The Morgan fingerprint density at radius 2 is 0.847 bits per heavy atom. The van der Waals surface area contributed by atoms with Crippen LogP contribution >= 0.6 is 7.82 Å². The van der Waals surface area contributed by atoms with Crippen molar-refractivity contribution in [1.29, 1.82) is 0 Å². The fourth-order valence-electron chi connectivity index (χ4n) is 8.21. The Hall–Kier alpha value is -2.55. The van der Waals surface area contributed by atoms with Gasteiger partial charge in [-0.3, -0.25) is 18.6 Å². The molecule has 0 aromatic heterocycles. The SMILES string of the molecule is CCCCC/C=C\C/C=C\C/C=C\C/C=C\CCCCCCCC(=O)NC(COP(=O)(O)OCC[N+](C)(C)C)C(/C=C\CCCCCCCCCCCC)OC(=O)CCCCC/C=C\CCCCCCCC. The van der Waals surface area contributed by atoms with E-state index in [1.165, 1.54) is 116 Å². The maximum atomic E-state index is 13.5. The van der Waals surface area contributed by atoms with Crippen molar-refractivity contribution in [2.75, 3.05) is 40.9 Å². The van der Waals surface area contributed by atoms with Crippen molar-refractivity contribution in [1.82, 2.24) is 5.32 Å². The van der Waals surface area contributed by atoms with E-state index in [1.807, 2.05) is 33.3 Å². The molecule has 72 heavy (non-hydrogen) atoms. The Morgan fingerprint density at radius 3 is 1.32 bits per heavy atom. The first-order chi connectivity index (χ1) is 34.9. The lowest BCUT2D eigenvalue weighted by Gasteiger charge is -2.27. The van der Waals surface area contributed by atoms with E-state index in [9.17, 15) is 19.0 Å². The van der Waals surface area contributed by atoms with Crippen molar-refractivity contribution in [3.05, 3.63) is 72.9 Å². The topological polar surface area (TPSA) is 111 Å². The number of phosphoric ester groups is 1. The fourth-order valence-corrected chi connectivity index (χ4v) is 8.95. The van der Waals surface area contributed by atoms with Crippen LogP contribution in [-0.4, -0.2) is 74.3 Å². The minimum absolute atomic E-state index is 0.0317. The van der Waals surface area contributed by atoms with E-state index in [0.717, 1.165) is 103 Å². The average Bonchev–Trinajstić information content (AvgIpc) is 3.34. The first-order valence-electron chi connectivity index (χ1n) is 29.8. The van der Waals surface area contributed by atoms with E-state index in [1.54, 1.807) is 0 Å². The zero-order valence-corrected chi connectivity index (χ0v) is 48.6. The molecule has 2 N–H and O–H groups in total. The summed E-state index contributed by atoms with van der Waals surface area (Å²) in [5.74, 6) is -0.545. The lowest BCUT2D eigenvalue weighted by molar-refractivity contribution is -0.870. The Kier molecular flexibility index (Phi) is 50.1. The predicted molar refractivity (Wildman–Crippen MR) is 309 cm³/mol. The number of nitrogens with zero attached hydrogens (tertiary/aromatic N) is 1. The number of carbonyl (C=O) groups is 2. The lowest BCUT2D eigenvalue weighted by atomic mass is 10.0. The molecule has 1 amide bonds. The summed E-state index contributed by atoms with van der Waals surface area (Å²) in [4.78, 5) is 37.6. The van der Waals surface area contributed by atoms with Crippen LogP contribution in [-0.2, 0) is 27.9 Å². The normalized spacial score (nSPS) is 14.3. The molecule has 3 atom stereocenters. The van der Waals surface area contributed by atoms with Crippen LogP contribution in [0.3, 0.4) is 0 Å².